The molecule has 0 radical (unpaired) electrons. The average Bonchev–Trinajstić information content (AvgIpc) is 2.20. The molecular formula is C10H13NO2. The smallest absolute Gasteiger partial charge is 0.250 e. The molecule has 1 aromatic rings. The molecule has 0 heterocycles. The number of nitrogens with one attached hydrogen (secondary N) is 1. The van der Waals surface area contributed by atoms with Gasteiger partial charge in [0.25, 0.3) is 5.91 Å². The number of hydrogen-bond donors (Lipinski definition) is 2. The molecule has 0 saturated carbocycles. The van der Waals surface area contributed by atoms with E-state index in [1.807, 2.05) is 37.3 Å². The summed E-state index contributed by atoms with van der Waals surface area (Å²) >= 11 is 0. The monoisotopic (exact) mass is 179 g/mol. The van der Waals surface area contributed by atoms with Crippen LogP contribution in [0.25, 0.3) is 0 Å². The maximum atomic E-state index is 11.2. The van der Waals surface area contributed by atoms with E-state index in [4.69, 9.17) is 5.21 Å². The van der Waals surface area contributed by atoms with Gasteiger partial charge in [-0.1, -0.05) is 37.3 Å². The lowest BCUT2D eigenvalue weighted by molar-refractivity contribution is -0.130. The van der Waals surface area contributed by atoms with Gasteiger partial charge in [0.05, 0.1) is 5.92 Å². The lowest BCUT2D eigenvalue weighted by Gasteiger charge is -2.11. The van der Waals surface area contributed by atoms with Crippen molar-refractivity contribution in [1.82, 2.24) is 5.48 Å². The lowest BCUT2D eigenvalue weighted by Crippen LogP contribution is -2.25. The number of amides is 1. The Morgan fingerprint density at radius 1 is 1.46 bits per heavy atom. The van der Waals surface area contributed by atoms with Crippen LogP contribution in [0.2, 0.25) is 0 Å². The topological polar surface area (TPSA) is 49.3 Å². The average molecular weight is 179 g/mol. The standard InChI is InChI=1S/C10H13NO2/c1-2-9(10(12)11-13)8-6-4-3-5-7-8/h3-7,9,13H,2H2,1H3,(H,11,12)/t9-/m0/s1. The molecule has 3 nitrogen and oxygen atoms in total. The first kappa shape index (κ1) is 9.74. The Kier molecular flexibility index (Phi) is 3.46. The second kappa shape index (κ2) is 4.62. The minimum atomic E-state index is -0.353. The molecular weight excluding hydrogens is 166 g/mol. The molecule has 1 atom stereocenters. The summed E-state index contributed by atoms with van der Waals surface area (Å²) in [4.78, 5) is 11.2. The predicted molar refractivity (Wildman–Crippen MR) is 49.4 cm³/mol. The molecule has 0 aliphatic carbocycles. The molecule has 13 heavy (non-hydrogen) atoms. The van der Waals surface area contributed by atoms with Gasteiger partial charge >= 0.3 is 0 Å². The third-order valence-corrected chi connectivity index (χ3v) is 2.04. The fourth-order valence-electron chi connectivity index (χ4n) is 1.34. The van der Waals surface area contributed by atoms with Gasteiger partial charge in [0.15, 0.2) is 0 Å². The number of carbonyl (C=O) groups is 1. The first-order chi connectivity index (χ1) is 6.29. The summed E-state index contributed by atoms with van der Waals surface area (Å²) in [7, 11) is 0. The summed E-state index contributed by atoms with van der Waals surface area (Å²) in [6.07, 6.45) is 0.677. The Hall–Kier alpha value is -1.35. The van der Waals surface area contributed by atoms with Crippen molar-refractivity contribution in [2.75, 3.05) is 0 Å². The van der Waals surface area contributed by atoms with Gasteiger partial charge in [0, 0.05) is 0 Å². The van der Waals surface area contributed by atoms with Crippen LogP contribution in [-0.2, 0) is 4.79 Å². The van der Waals surface area contributed by atoms with Crippen LogP contribution in [0, 0.1) is 0 Å². The minimum Gasteiger partial charge on any atom is -0.289 e. The molecule has 0 aromatic heterocycles. The molecule has 2 N–H and O–H groups in total. The van der Waals surface area contributed by atoms with Crippen LogP contribution < -0.4 is 5.48 Å². The van der Waals surface area contributed by atoms with E-state index in [-0.39, 0.29) is 11.8 Å². The lowest BCUT2D eigenvalue weighted by atomic mass is 9.96. The van der Waals surface area contributed by atoms with Crippen molar-refractivity contribution in [3.8, 4) is 0 Å². The molecule has 1 aromatic carbocycles. The predicted octanol–water partition coefficient (Wildman–Crippen LogP) is 1.69. The third-order valence-electron chi connectivity index (χ3n) is 2.04. The van der Waals surface area contributed by atoms with Crippen LogP contribution >= 0.6 is 0 Å². The Labute approximate surface area is 77.4 Å². The Morgan fingerprint density at radius 2 is 2.08 bits per heavy atom. The van der Waals surface area contributed by atoms with Crippen LogP contribution in [0.1, 0.15) is 24.8 Å². The minimum absolute atomic E-state index is 0.258. The summed E-state index contributed by atoms with van der Waals surface area (Å²) in [5.74, 6) is -0.611. The highest BCUT2D eigenvalue weighted by Gasteiger charge is 2.16. The zero-order valence-electron chi connectivity index (χ0n) is 7.53. The molecule has 70 valence electrons. The SMILES string of the molecule is CC[C@H](C(=O)NO)c1ccccc1. The zero-order chi connectivity index (χ0) is 9.68. The van der Waals surface area contributed by atoms with E-state index in [9.17, 15) is 4.79 Å². The van der Waals surface area contributed by atoms with E-state index < -0.39 is 0 Å². The second-order valence-electron chi connectivity index (χ2n) is 2.85. The largest absolute Gasteiger partial charge is 0.289 e. The van der Waals surface area contributed by atoms with E-state index in [2.05, 4.69) is 0 Å². The van der Waals surface area contributed by atoms with Gasteiger partial charge in [0.2, 0.25) is 0 Å². The van der Waals surface area contributed by atoms with Crippen LogP contribution in [-0.4, -0.2) is 11.1 Å². The normalized spacial score (nSPS) is 12.2. The number of hydrogen-bond acceptors (Lipinski definition) is 2. The third kappa shape index (κ3) is 2.29. The van der Waals surface area contributed by atoms with Crippen molar-refractivity contribution in [3.05, 3.63) is 35.9 Å². The molecule has 3 heteroatoms. The quantitative estimate of drug-likeness (QED) is 0.548. The van der Waals surface area contributed by atoms with Crippen LogP contribution in [0.4, 0.5) is 0 Å². The maximum absolute atomic E-state index is 11.2. The summed E-state index contributed by atoms with van der Waals surface area (Å²) < 4.78 is 0. The van der Waals surface area contributed by atoms with Crippen molar-refractivity contribution in [2.45, 2.75) is 19.3 Å². The van der Waals surface area contributed by atoms with Gasteiger partial charge in [-0.3, -0.25) is 10.0 Å². The first-order valence-electron chi connectivity index (χ1n) is 4.28. The van der Waals surface area contributed by atoms with E-state index in [0.717, 1.165) is 5.56 Å². The molecule has 0 aliphatic heterocycles. The fourth-order valence-corrected chi connectivity index (χ4v) is 1.34. The highest BCUT2D eigenvalue weighted by molar-refractivity contribution is 5.82. The Bertz CT molecular complexity index is 272. The molecule has 0 spiro atoms. The number of benzene rings is 1. The van der Waals surface area contributed by atoms with E-state index in [0.29, 0.717) is 6.42 Å². The zero-order valence-corrected chi connectivity index (χ0v) is 7.53. The molecule has 0 unspecified atom stereocenters. The van der Waals surface area contributed by atoms with E-state index in [1.165, 1.54) is 0 Å². The number of carbonyl (C=O) groups excluding carboxylic acids is 1. The second-order valence-corrected chi connectivity index (χ2v) is 2.85. The van der Waals surface area contributed by atoms with Crippen LogP contribution in [0.15, 0.2) is 30.3 Å². The van der Waals surface area contributed by atoms with Crippen molar-refractivity contribution >= 4 is 5.91 Å². The summed E-state index contributed by atoms with van der Waals surface area (Å²) in [6.45, 7) is 1.91. The molecule has 0 aliphatic rings. The van der Waals surface area contributed by atoms with E-state index >= 15 is 0 Å². The molecule has 0 saturated heterocycles. The van der Waals surface area contributed by atoms with E-state index in [1.54, 1.807) is 5.48 Å². The first-order valence-corrected chi connectivity index (χ1v) is 4.28. The molecule has 0 bridgehead atoms. The van der Waals surface area contributed by atoms with Gasteiger partial charge in [-0.15, -0.1) is 0 Å². The van der Waals surface area contributed by atoms with Crippen molar-refractivity contribution < 1.29 is 10.0 Å². The number of hydroxylamine groups is 1. The van der Waals surface area contributed by atoms with Crippen molar-refractivity contribution in [2.24, 2.45) is 0 Å². The van der Waals surface area contributed by atoms with Gasteiger partial charge in [0.1, 0.15) is 0 Å². The highest BCUT2D eigenvalue weighted by Crippen LogP contribution is 2.18. The summed E-state index contributed by atoms with van der Waals surface area (Å²) in [5, 5.41) is 8.50. The molecule has 0 fully saturated rings. The van der Waals surface area contributed by atoms with Gasteiger partial charge in [-0.2, -0.15) is 0 Å². The Balaban J connectivity index is 2.85. The fraction of sp³-hybridized carbons (Fsp3) is 0.300. The van der Waals surface area contributed by atoms with Gasteiger partial charge in [-0.05, 0) is 12.0 Å². The van der Waals surface area contributed by atoms with Crippen molar-refractivity contribution in [1.29, 1.82) is 0 Å². The molecule has 1 rings (SSSR count). The Morgan fingerprint density at radius 3 is 2.54 bits per heavy atom. The maximum Gasteiger partial charge on any atom is 0.250 e. The van der Waals surface area contributed by atoms with Crippen molar-refractivity contribution in [3.63, 3.8) is 0 Å². The number of rotatable bonds is 3. The highest BCUT2D eigenvalue weighted by atomic mass is 16.5. The van der Waals surface area contributed by atoms with Gasteiger partial charge in [-0.25, -0.2) is 5.48 Å². The van der Waals surface area contributed by atoms with Crippen LogP contribution in [0.5, 0.6) is 0 Å². The van der Waals surface area contributed by atoms with Crippen LogP contribution in [0.3, 0.4) is 0 Å². The summed E-state index contributed by atoms with van der Waals surface area (Å²) in [5.41, 5.74) is 2.60. The molecule has 1 amide bonds. The van der Waals surface area contributed by atoms with Gasteiger partial charge < -0.3 is 0 Å². The summed E-state index contributed by atoms with van der Waals surface area (Å²) in [6, 6.07) is 9.41.